The van der Waals surface area contributed by atoms with Crippen LogP contribution in [0.5, 0.6) is 0 Å². The fourth-order valence-electron chi connectivity index (χ4n) is 2.04. The number of hydrogen-bond donors (Lipinski definition) is 1. The van der Waals surface area contributed by atoms with Crippen molar-refractivity contribution in [2.45, 2.75) is 59.0 Å². The fraction of sp³-hybridized carbons (Fsp3) is 0.846. The van der Waals surface area contributed by atoms with Crippen LogP contribution in [-0.4, -0.2) is 10.7 Å². The van der Waals surface area contributed by atoms with Gasteiger partial charge in [0, 0.05) is 0 Å². The van der Waals surface area contributed by atoms with E-state index < -0.39 is 0 Å². The van der Waals surface area contributed by atoms with Crippen LogP contribution >= 0.6 is 0 Å². The second-order valence-electron chi connectivity index (χ2n) is 5.46. The van der Waals surface area contributed by atoms with E-state index in [1.165, 1.54) is 24.8 Å². The van der Waals surface area contributed by atoms with Gasteiger partial charge in [0.1, 0.15) is 0 Å². The van der Waals surface area contributed by atoms with Gasteiger partial charge in [-0.3, -0.25) is 0 Å². The van der Waals surface area contributed by atoms with Crippen molar-refractivity contribution in [2.24, 2.45) is 11.8 Å². The van der Waals surface area contributed by atoms with Crippen molar-refractivity contribution in [3.8, 4) is 0 Å². The average molecular weight is 196 g/mol. The summed E-state index contributed by atoms with van der Waals surface area (Å²) in [7, 11) is 0. The van der Waals surface area contributed by atoms with Gasteiger partial charge in [-0.25, -0.2) is 0 Å². The van der Waals surface area contributed by atoms with Gasteiger partial charge in [0.2, 0.25) is 0 Å². The molecule has 0 radical (unpaired) electrons. The average Bonchev–Trinajstić information content (AvgIpc) is 2.57. The molecular weight excluding hydrogens is 172 g/mol. The van der Waals surface area contributed by atoms with E-state index in [1.807, 2.05) is 6.92 Å². The normalized spacial score (nSPS) is 32.5. The molecule has 3 atom stereocenters. The lowest BCUT2D eigenvalue weighted by Crippen LogP contribution is -2.06. The minimum Gasteiger partial charge on any atom is -0.390 e. The Hall–Kier alpha value is -0.300. The van der Waals surface area contributed by atoms with Crippen LogP contribution in [0.4, 0.5) is 0 Å². The summed E-state index contributed by atoms with van der Waals surface area (Å²) in [4.78, 5) is 0. The molecule has 0 spiro atoms. The Morgan fingerprint density at radius 3 is 2.57 bits per heavy atom. The molecule has 82 valence electrons. The van der Waals surface area contributed by atoms with E-state index in [4.69, 9.17) is 0 Å². The molecule has 14 heavy (non-hydrogen) atoms. The van der Waals surface area contributed by atoms with Crippen LogP contribution in [0.3, 0.4) is 0 Å². The highest BCUT2D eigenvalue weighted by Gasteiger charge is 2.48. The standard InChI is InChI=1S/C13H24O/c1-10(2)6-5-7-11(3)8-12-9-13(12,4)14/h6,11-12,14H,5,7-9H2,1-4H3/t11-,12-,13-/m0/s1. The molecule has 0 amide bonds. The first kappa shape index (κ1) is 11.8. The third kappa shape index (κ3) is 3.83. The maximum absolute atomic E-state index is 9.64. The molecule has 0 aliphatic heterocycles. The van der Waals surface area contributed by atoms with E-state index in [0.717, 1.165) is 12.3 Å². The molecule has 1 nitrogen and oxygen atoms in total. The van der Waals surface area contributed by atoms with Crippen LogP contribution in [-0.2, 0) is 0 Å². The Morgan fingerprint density at radius 2 is 2.14 bits per heavy atom. The lowest BCUT2D eigenvalue weighted by Gasteiger charge is -2.10. The highest BCUT2D eigenvalue weighted by atomic mass is 16.3. The first-order valence-electron chi connectivity index (χ1n) is 5.77. The van der Waals surface area contributed by atoms with E-state index in [2.05, 4.69) is 26.8 Å². The molecule has 0 bridgehead atoms. The van der Waals surface area contributed by atoms with Gasteiger partial charge in [0.15, 0.2) is 0 Å². The summed E-state index contributed by atoms with van der Waals surface area (Å²) in [6, 6.07) is 0. The van der Waals surface area contributed by atoms with Gasteiger partial charge in [-0.05, 0) is 58.3 Å². The van der Waals surface area contributed by atoms with Gasteiger partial charge >= 0.3 is 0 Å². The highest BCUT2D eigenvalue weighted by Crippen LogP contribution is 2.47. The molecule has 0 heterocycles. The molecule has 1 fully saturated rings. The highest BCUT2D eigenvalue weighted by molar-refractivity contribution is 5.00. The van der Waals surface area contributed by atoms with Crippen LogP contribution in [0, 0.1) is 11.8 Å². The molecule has 1 aliphatic rings. The SMILES string of the molecule is CC(C)=CCC[C@H](C)C[C@H]1C[C@]1(C)O. The van der Waals surface area contributed by atoms with Crippen molar-refractivity contribution in [3.63, 3.8) is 0 Å². The topological polar surface area (TPSA) is 20.2 Å². The summed E-state index contributed by atoms with van der Waals surface area (Å²) < 4.78 is 0. The third-order valence-corrected chi connectivity index (χ3v) is 3.28. The predicted octanol–water partition coefficient (Wildman–Crippen LogP) is 3.53. The van der Waals surface area contributed by atoms with Gasteiger partial charge < -0.3 is 5.11 Å². The predicted molar refractivity (Wildman–Crippen MR) is 61.2 cm³/mol. The second kappa shape index (κ2) is 4.48. The van der Waals surface area contributed by atoms with Crippen LogP contribution in [0.1, 0.15) is 53.4 Å². The van der Waals surface area contributed by atoms with E-state index in [0.29, 0.717) is 5.92 Å². The van der Waals surface area contributed by atoms with Crippen LogP contribution in [0.25, 0.3) is 0 Å². The lowest BCUT2D eigenvalue weighted by atomic mass is 9.97. The van der Waals surface area contributed by atoms with Crippen molar-refractivity contribution in [1.82, 2.24) is 0 Å². The second-order valence-corrected chi connectivity index (χ2v) is 5.46. The van der Waals surface area contributed by atoms with Crippen molar-refractivity contribution in [1.29, 1.82) is 0 Å². The van der Waals surface area contributed by atoms with Gasteiger partial charge in [-0.2, -0.15) is 0 Å². The Balaban J connectivity index is 2.11. The minimum absolute atomic E-state index is 0.329. The Bertz CT molecular complexity index is 211. The van der Waals surface area contributed by atoms with Crippen molar-refractivity contribution >= 4 is 0 Å². The van der Waals surface area contributed by atoms with Crippen molar-refractivity contribution < 1.29 is 5.11 Å². The first-order valence-corrected chi connectivity index (χ1v) is 5.77. The maximum Gasteiger partial charge on any atom is 0.0652 e. The van der Waals surface area contributed by atoms with Crippen LogP contribution < -0.4 is 0 Å². The Labute approximate surface area is 88.2 Å². The zero-order valence-corrected chi connectivity index (χ0v) is 10.0. The zero-order valence-electron chi connectivity index (χ0n) is 10.0. The summed E-state index contributed by atoms with van der Waals surface area (Å²) in [5.41, 5.74) is 1.08. The summed E-state index contributed by atoms with van der Waals surface area (Å²) in [5.74, 6) is 1.33. The molecule has 1 heteroatoms. The molecule has 0 saturated heterocycles. The Kier molecular flexibility index (Phi) is 3.77. The molecule has 1 saturated carbocycles. The molecule has 1 rings (SSSR count). The quantitative estimate of drug-likeness (QED) is 0.667. The van der Waals surface area contributed by atoms with Crippen molar-refractivity contribution in [2.75, 3.05) is 0 Å². The van der Waals surface area contributed by atoms with Gasteiger partial charge in [0.25, 0.3) is 0 Å². The molecule has 0 unspecified atom stereocenters. The first-order chi connectivity index (χ1) is 6.42. The minimum atomic E-state index is -0.329. The monoisotopic (exact) mass is 196 g/mol. The smallest absolute Gasteiger partial charge is 0.0652 e. The zero-order chi connectivity index (χ0) is 10.8. The number of aliphatic hydroxyl groups is 1. The van der Waals surface area contributed by atoms with Gasteiger partial charge in [-0.15, -0.1) is 0 Å². The number of hydrogen-bond acceptors (Lipinski definition) is 1. The molecule has 0 aromatic rings. The number of allylic oxidation sites excluding steroid dienone is 2. The molecule has 0 aromatic heterocycles. The Morgan fingerprint density at radius 1 is 1.57 bits per heavy atom. The van der Waals surface area contributed by atoms with Crippen LogP contribution in [0.2, 0.25) is 0 Å². The number of rotatable bonds is 5. The summed E-state index contributed by atoms with van der Waals surface area (Å²) >= 11 is 0. The van der Waals surface area contributed by atoms with E-state index >= 15 is 0 Å². The van der Waals surface area contributed by atoms with Crippen LogP contribution in [0.15, 0.2) is 11.6 Å². The lowest BCUT2D eigenvalue weighted by molar-refractivity contribution is 0.145. The van der Waals surface area contributed by atoms with E-state index in [9.17, 15) is 5.11 Å². The van der Waals surface area contributed by atoms with E-state index in [1.54, 1.807) is 0 Å². The summed E-state index contributed by atoms with van der Waals surface area (Å²) in [5, 5.41) is 9.64. The molecule has 1 N–H and O–H groups in total. The summed E-state index contributed by atoms with van der Waals surface area (Å²) in [6.45, 7) is 8.56. The largest absolute Gasteiger partial charge is 0.390 e. The van der Waals surface area contributed by atoms with Crippen molar-refractivity contribution in [3.05, 3.63) is 11.6 Å². The maximum atomic E-state index is 9.64. The van der Waals surface area contributed by atoms with E-state index in [-0.39, 0.29) is 5.60 Å². The molecule has 0 aromatic carbocycles. The summed E-state index contributed by atoms with van der Waals surface area (Å²) in [6.07, 6.45) is 6.97. The van der Waals surface area contributed by atoms with Gasteiger partial charge in [0.05, 0.1) is 5.60 Å². The molecule has 1 aliphatic carbocycles. The third-order valence-electron chi connectivity index (χ3n) is 3.28. The fourth-order valence-corrected chi connectivity index (χ4v) is 2.04. The molecular formula is C13H24O. The van der Waals surface area contributed by atoms with Gasteiger partial charge in [-0.1, -0.05) is 18.6 Å².